The second-order valence-electron chi connectivity index (χ2n) is 6.27. The van der Waals surface area contributed by atoms with E-state index in [0.29, 0.717) is 28.1 Å². The number of ether oxygens (including phenoxy) is 1. The van der Waals surface area contributed by atoms with Crippen molar-refractivity contribution in [3.63, 3.8) is 0 Å². The Labute approximate surface area is 162 Å². The Bertz CT molecular complexity index is 1180. The van der Waals surface area contributed by atoms with Gasteiger partial charge in [0.25, 0.3) is 0 Å². The third-order valence-corrected chi connectivity index (χ3v) is 5.55. The Morgan fingerprint density at radius 1 is 1.18 bits per heavy atom. The Morgan fingerprint density at radius 2 is 1.82 bits per heavy atom. The van der Waals surface area contributed by atoms with Gasteiger partial charge in [0, 0.05) is 23.1 Å². The van der Waals surface area contributed by atoms with Gasteiger partial charge in [-0.15, -0.1) is 0 Å². The molecule has 1 aromatic heterocycles. The molecule has 0 saturated heterocycles. The highest BCUT2D eigenvalue weighted by atomic mass is 32.2. The summed E-state index contributed by atoms with van der Waals surface area (Å²) in [5.74, 6) is -0.379. The van der Waals surface area contributed by atoms with Crippen molar-refractivity contribution < 1.29 is 17.5 Å². The lowest BCUT2D eigenvalue weighted by Gasteiger charge is -2.08. The van der Waals surface area contributed by atoms with E-state index >= 15 is 0 Å². The fraction of sp³-hybridized carbons (Fsp3) is 0.200. The van der Waals surface area contributed by atoms with Gasteiger partial charge in [-0.1, -0.05) is 18.2 Å². The van der Waals surface area contributed by atoms with Crippen LogP contribution in [0.1, 0.15) is 5.69 Å². The highest BCUT2D eigenvalue weighted by Gasteiger charge is 2.20. The number of nitriles is 1. The summed E-state index contributed by atoms with van der Waals surface area (Å²) in [6.45, 7) is 1.84. The van der Waals surface area contributed by atoms with E-state index in [2.05, 4.69) is 11.2 Å². The molecule has 0 aliphatic heterocycles. The van der Waals surface area contributed by atoms with Gasteiger partial charge in [0.05, 0.1) is 18.1 Å². The quantitative estimate of drug-likeness (QED) is 0.654. The van der Waals surface area contributed by atoms with E-state index in [-0.39, 0.29) is 17.2 Å². The number of methoxy groups -OCH3 is 1. The molecule has 0 bridgehead atoms. The van der Waals surface area contributed by atoms with Crippen LogP contribution in [-0.2, 0) is 16.4 Å². The summed E-state index contributed by atoms with van der Waals surface area (Å²) in [5, 5.41) is 13.6. The Morgan fingerprint density at radius 3 is 2.36 bits per heavy atom. The molecular weight excluding hydrogens is 381 g/mol. The second-order valence-corrected chi connectivity index (χ2v) is 8.29. The smallest absolute Gasteiger partial charge is 0.175 e. The summed E-state index contributed by atoms with van der Waals surface area (Å²) in [4.78, 5) is 0.196. The van der Waals surface area contributed by atoms with Crippen molar-refractivity contribution in [1.82, 2.24) is 9.78 Å². The minimum absolute atomic E-state index is 0.0406. The Kier molecular flexibility index (Phi) is 5.21. The number of sulfone groups is 1. The highest BCUT2D eigenvalue weighted by molar-refractivity contribution is 7.90. The molecule has 0 amide bonds. The van der Waals surface area contributed by atoms with Crippen LogP contribution in [0.25, 0.3) is 22.4 Å². The summed E-state index contributed by atoms with van der Waals surface area (Å²) >= 11 is 0. The van der Waals surface area contributed by atoms with Crippen LogP contribution in [0.4, 0.5) is 4.39 Å². The van der Waals surface area contributed by atoms with Crippen molar-refractivity contribution in [3.8, 4) is 34.2 Å². The summed E-state index contributed by atoms with van der Waals surface area (Å²) in [5.41, 5.74) is 3.16. The molecule has 0 atom stereocenters. The predicted octanol–water partition coefficient (Wildman–Crippen LogP) is 3.60. The minimum Gasteiger partial charge on any atom is -0.494 e. The number of rotatable bonds is 5. The minimum atomic E-state index is -3.32. The van der Waals surface area contributed by atoms with Crippen molar-refractivity contribution in [2.75, 3.05) is 13.4 Å². The fourth-order valence-corrected chi connectivity index (χ4v) is 3.63. The van der Waals surface area contributed by atoms with E-state index in [0.717, 1.165) is 6.26 Å². The molecule has 2 aromatic carbocycles. The van der Waals surface area contributed by atoms with Crippen LogP contribution in [0.2, 0.25) is 0 Å². The third-order valence-electron chi connectivity index (χ3n) is 4.42. The highest BCUT2D eigenvalue weighted by Crippen LogP contribution is 2.36. The average Bonchev–Trinajstić information content (AvgIpc) is 2.98. The van der Waals surface area contributed by atoms with Crippen LogP contribution >= 0.6 is 0 Å². The zero-order valence-electron chi connectivity index (χ0n) is 15.6. The van der Waals surface area contributed by atoms with Crippen LogP contribution in [0.15, 0.2) is 47.4 Å². The molecule has 0 aliphatic carbocycles. The molecule has 3 aromatic rings. The summed E-state index contributed by atoms with van der Waals surface area (Å²) in [6.07, 6.45) is 1.14. The van der Waals surface area contributed by atoms with E-state index in [1.54, 1.807) is 25.1 Å². The zero-order valence-corrected chi connectivity index (χ0v) is 16.4. The van der Waals surface area contributed by atoms with Crippen LogP contribution in [0, 0.1) is 24.1 Å². The molecule has 0 fully saturated rings. The molecule has 144 valence electrons. The summed E-state index contributed by atoms with van der Waals surface area (Å²) < 4.78 is 44.2. The SMILES string of the molecule is COc1ccc(-c2c(-c3ccc(S(C)(=O)=O)cc3)nn(CC#N)c2C)cc1F. The standard InChI is InChI=1S/C20H18FN3O3S/c1-13-19(15-6-9-18(27-2)17(21)12-15)20(23-24(13)11-10-22)14-4-7-16(8-5-14)28(3,25)26/h4-9,12H,11H2,1-3H3. The van der Waals surface area contributed by atoms with E-state index in [1.165, 1.54) is 36.1 Å². The van der Waals surface area contributed by atoms with Crippen molar-refractivity contribution >= 4 is 9.84 Å². The zero-order chi connectivity index (χ0) is 20.5. The number of nitrogens with zero attached hydrogens (tertiary/aromatic N) is 3. The van der Waals surface area contributed by atoms with Gasteiger partial charge >= 0.3 is 0 Å². The monoisotopic (exact) mass is 399 g/mol. The normalized spacial score (nSPS) is 11.2. The van der Waals surface area contributed by atoms with Gasteiger partial charge in [-0.2, -0.15) is 10.4 Å². The van der Waals surface area contributed by atoms with Crippen LogP contribution in [0.5, 0.6) is 5.75 Å². The van der Waals surface area contributed by atoms with Crippen molar-refractivity contribution in [2.45, 2.75) is 18.4 Å². The maximum Gasteiger partial charge on any atom is 0.175 e. The number of aromatic nitrogens is 2. The third kappa shape index (κ3) is 3.62. The van der Waals surface area contributed by atoms with Gasteiger partial charge in [0.2, 0.25) is 0 Å². The van der Waals surface area contributed by atoms with Gasteiger partial charge in [0.1, 0.15) is 12.2 Å². The molecule has 0 spiro atoms. The number of hydrogen-bond acceptors (Lipinski definition) is 5. The molecule has 1 heterocycles. The van der Waals surface area contributed by atoms with E-state index in [1.807, 2.05) is 0 Å². The first-order valence-corrected chi connectivity index (χ1v) is 10.2. The molecule has 0 N–H and O–H groups in total. The van der Waals surface area contributed by atoms with E-state index in [4.69, 9.17) is 10.00 Å². The lowest BCUT2D eigenvalue weighted by molar-refractivity contribution is 0.386. The first-order chi connectivity index (χ1) is 13.3. The van der Waals surface area contributed by atoms with Gasteiger partial charge in [-0.3, -0.25) is 4.68 Å². The predicted molar refractivity (Wildman–Crippen MR) is 103 cm³/mol. The molecule has 8 heteroatoms. The first-order valence-electron chi connectivity index (χ1n) is 8.35. The molecular formula is C20H18FN3O3S. The van der Waals surface area contributed by atoms with Crippen LogP contribution in [-0.4, -0.2) is 31.6 Å². The summed E-state index contributed by atoms with van der Waals surface area (Å²) in [7, 11) is -1.93. The largest absolute Gasteiger partial charge is 0.494 e. The van der Waals surface area contributed by atoms with Gasteiger partial charge in [-0.05, 0) is 36.8 Å². The van der Waals surface area contributed by atoms with Gasteiger partial charge in [-0.25, -0.2) is 12.8 Å². The summed E-state index contributed by atoms with van der Waals surface area (Å²) in [6, 6.07) is 13.0. The number of halogens is 1. The van der Waals surface area contributed by atoms with Crippen LogP contribution in [0.3, 0.4) is 0 Å². The van der Waals surface area contributed by atoms with E-state index < -0.39 is 15.7 Å². The average molecular weight is 399 g/mol. The van der Waals surface area contributed by atoms with Crippen molar-refractivity contribution in [3.05, 3.63) is 54.0 Å². The molecule has 6 nitrogen and oxygen atoms in total. The van der Waals surface area contributed by atoms with Gasteiger partial charge < -0.3 is 4.74 Å². The van der Waals surface area contributed by atoms with Gasteiger partial charge in [0.15, 0.2) is 21.4 Å². The first kappa shape index (κ1) is 19.6. The lowest BCUT2D eigenvalue weighted by Crippen LogP contribution is -2.00. The maximum absolute atomic E-state index is 14.3. The number of benzene rings is 2. The maximum atomic E-state index is 14.3. The number of hydrogen-bond donors (Lipinski definition) is 0. The molecule has 0 radical (unpaired) electrons. The molecule has 3 rings (SSSR count). The Balaban J connectivity index is 2.20. The fourth-order valence-electron chi connectivity index (χ4n) is 3.00. The van der Waals surface area contributed by atoms with E-state index in [9.17, 15) is 12.8 Å². The molecule has 0 unspecified atom stereocenters. The molecule has 0 saturated carbocycles. The second kappa shape index (κ2) is 7.44. The Hall–Kier alpha value is -3.18. The lowest BCUT2D eigenvalue weighted by atomic mass is 9.99. The van der Waals surface area contributed by atoms with Crippen LogP contribution < -0.4 is 4.74 Å². The topological polar surface area (TPSA) is 85.0 Å². The molecule has 28 heavy (non-hydrogen) atoms. The molecule has 0 aliphatic rings. The van der Waals surface area contributed by atoms with Crippen molar-refractivity contribution in [1.29, 1.82) is 5.26 Å². The van der Waals surface area contributed by atoms with Crippen molar-refractivity contribution in [2.24, 2.45) is 0 Å².